The van der Waals surface area contributed by atoms with Crippen molar-refractivity contribution in [2.45, 2.75) is 13.1 Å². The van der Waals surface area contributed by atoms with Crippen LogP contribution in [0, 0.1) is 0 Å². The highest BCUT2D eigenvalue weighted by molar-refractivity contribution is 5.75. The van der Waals surface area contributed by atoms with E-state index in [4.69, 9.17) is 4.74 Å². The fourth-order valence-corrected chi connectivity index (χ4v) is 2.01. The van der Waals surface area contributed by atoms with Crippen LogP contribution < -0.4 is 10.1 Å². The molecular formula is C16H15N5O2. The van der Waals surface area contributed by atoms with E-state index >= 15 is 0 Å². The summed E-state index contributed by atoms with van der Waals surface area (Å²) in [6, 6.07) is 17.1. The van der Waals surface area contributed by atoms with Gasteiger partial charge >= 0.3 is 0 Å². The maximum absolute atomic E-state index is 11.9. The molecule has 0 aliphatic carbocycles. The van der Waals surface area contributed by atoms with Crippen LogP contribution in [0.5, 0.6) is 11.5 Å². The van der Waals surface area contributed by atoms with E-state index in [1.165, 1.54) is 11.0 Å². The zero-order valence-corrected chi connectivity index (χ0v) is 12.3. The standard InChI is InChI=1S/C16H15N5O2/c22-16(11-21-12-18-19-20-21)17-10-13-6-4-5-9-15(13)23-14-7-2-1-3-8-14/h1-9,12H,10-11H2,(H,17,22). The summed E-state index contributed by atoms with van der Waals surface area (Å²) in [5.74, 6) is 1.29. The van der Waals surface area contributed by atoms with Gasteiger partial charge in [-0.15, -0.1) is 5.10 Å². The number of carbonyl (C=O) groups is 1. The van der Waals surface area contributed by atoms with Crippen LogP contribution in [0.4, 0.5) is 0 Å². The first kappa shape index (κ1) is 14.7. The van der Waals surface area contributed by atoms with Crippen LogP contribution in [-0.4, -0.2) is 26.1 Å². The van der Waals surface area contributed by atoms with Crippen LogP contribution in [0.2, 0.25) is 0 Å². The molecule has 7 heteroatoms. The third-order valence-corrected chi connectivity index (χ3v) is 3.12. The van der Waals surface area contributed by atoms with Crippen LogP contribution in [0.25, 0.3) is 0 Å². The van der Waals surface area contributed by atoms with Crippen molar-refractivity contribution in [2.75, 3.05) is 0 Å². The largest absolute Gasteiger partial charge is 0.457 e. The molecule has 7 nitrogen and oxygen atoms in total. The van der Waals surface area contributed by atoms with Gasteiger partial charge in [0.15, 0.2) is 0 Å². The first-order valence-corrected chi connectivity index (χ1v) is 7.09. The minimum absolute atomic E-state index is 0.0781. The van der Waals surface area contributed by atoms with Crippen LogP contribution in [-0.2, 0) is 17.9 Å². The van der Waals surface area contributed by atoms with E-state index in [0.29, 0.717) is 12.3 Å². The number of nitrogens with zero attached hydrogens (tertiary/aromatic N) is 4. The smallest absolute Gasteiger partial charge is 0.242 e. The lowest BCUT2D eigenvalue weighted by Gasteiger charge is -2.12. The number of aromatic nitrogens is 4. The molecule has 23 heavy (non-hydrogen) atoms. The van der Waals surface area contributed by atoms with Gasteiger partial charge in [-0.05, 0) is 28.6 Å². The Balaban J connectivity index is 1.62. The molecule has 0 saturated carbocycles. The van der Waals surface area contributed by atoms with E-state index in [2.05, 4.69) is 20.8 Å². The van der Waals surface area contributed by atoms with E-state index in [-0.39, 0.29) is 12.5 Å². The van der Waals surface area contributed by atoms with Crippen LogP contribution in [0.15, 0.2) is 60.9 Å². The molecule has 1 amide bonds. The zero-order chi connectivity index (χ0) is 15.9. The van der Waals surface area contributed by atoms with Gasteiger partial charge in [-0.3, -0.25) is 4.79 Å². The Morgan fingerprint density at radius 1 is 1.09 bits per heavy atom. The molecule has 0 bridgehead atoms. The second-order valence-electron chi connectivity index (χ2n) is 4.81. The Kier molecular flexibility index (Phi) is 4.58. The van der Waals surface area contributed by atoms with Gasteiger partial charge in [0.25, 0.3) is 0 Å². The number of ether oxygens (including phenoxy) is 1. The number of hydrogen-bond acceptors (Lipinski definition) is 5. The van der Waals surface area contributed by atoms with Gasteiger partial charge in [0, 0.05) is 12.1 Å². The molecule has 0 spiro atoms. The van der Waals surface area contributed by atoms with Crippen molar-refractivity contribution in [3.05, 3.63) is 66.5 Å². The normalized spacial score (nSPS) is 10.3. The summed E-state index contributed by atoms with van der Waals surface area (Å²) in [6.07, 6.45) is 1.39. The summed E-state index contributed by atoms with van der Waals surface area (Å²) >= 11 is 0. The lowest BCUT2D eigenvalue weighted by atomic mass is 10.2. The average Bonchev–Trinajstić information content (AvgIpc) is 3.08. The Morgan fingerprint density at radius 2 is 1.87 bits per heavy atom. The monoisotopic (exact) mass is 309 g/mol. The number of nitrogens with one attached hydrogen (secondary N) is 1. The molecular weight excluding hydrogens is 294 g/mol. The number of para-hydroxylation sites is 2. The maximum atomic E-state index is 11.9. The Morgan fingerprint density at radius 3 is 2.65 bits per heavy atom. The van der Waals surface area contributed by atoms with E-state index in [0.717, 1.165) is 11.3 Å². The third kappa shape index (κ3) is 4.13. The van der Waals surface area contributed by atoms with Gasteiger partial charge in [-0.2, -0.15) is 0 Å². The minimum Gasteiger partial charge on any atom is -0.457 e. The van der Waals surface area contributed by atoms with Crippen molar-refractivity contribution < 1.29 is 9.53 Å². The first-order valence-electron chi connectivity index (χ1n) is 7.09. The number of hydrogen-bond donors (Lipinski definition) is 1. The first-order chi connectivity index (χ1) is 11.3. The molecule has 3 aromatic rings. The van der Waals surface area contributed by atoms with Crippen LogP contribution >= 0.6 is 0 Å². The predicted molar refractivity (Wildman–Crippen MR) is 82.6 cm³/mol. The quantitative estimate of drug-likeness (QED) is 0.750. The fraction of sp³-hybridized carbons (Fsp3) is 0.125. The molecule has 1 N–H and O–H groups in total. The number of amides is 1. The summed E-state index contributed by atoms with van der Waals surface area (Å²) < 4.78 is 7.22. The van der Waals surface area contributed by atoms with Gasteiger partial charge < -0.3 is 10.1 Å². The van der Waals surface area contributed by atoms with Crippen molar-refractivity contribution >= 4 is 5.91 Å². The molecule has 1 heterocycles. The number of rotatable bonds is 6. The zero-order valence-electron chi connectivity index (χ0n) is 12.3. The van der Waals surface area contributed by atoms with Crippen molar-refractivity contribution in [3.8, 4) is 11.5 Å². The molecule has 0 radical (unpaired) electrons. The van der Waals surface area contributed by atoms with E-state index in [1.54, 1.807) is 0 Å². The second kappa shape index (κ2) is 7.17. The van der Waals surface area contributed by atoms with Gasteiger partial charge in [-0.1, -0.05) is 36.4 Å². The summed E-state index contributed by atoms with van der Waals surface area (Å²) in [5, 5.41) is 13.5. The van der Waals surface area contributed by atoms with Crippen LogP contribution in [0.1, 0.15) is 5.56 Å². The lowest BCUT2D eigenvalue weighted by molar-refractivity contribution is -0.122. The highest BCUT2D eigenvalue weighted by Gasteiger charge is 2.07. The average molecular weight is 309 g/mol. The highest BCUT2D eigenvalue weighted by Crippen LogP contribution is 2.24. The molecule has 0 unspecified atom stereocenters. The molecule has 1 aromatic heterocycles. The van der Waals surface area contributed by atoms with E-state index in [9.17, 15) is 4.79 Å². The van der Waals surface area contributed by atoms with Gasteiger partial charge in [0.2, 0.25) is 5.91 Å². The lowest BCUT2D eigenvalue weighted by Crippen LogP contribution is -2.27. The number of carbonyl (C=O) groups excluding carboxylic acids is 1. The molecule has 2 aromatic carbocycles. The second-order valence-corrected chi connectivity index (χ2v) is 4.81. The molecule has 0 fully saturated rings. The van der Waals surface area contributed by atoms with Crippen LogP contribution in [0.3, 0.4) is 0 Å². The predicted octanol–water partition coefficient (Wildman–Crippen LogP) is 1.78. The minimum atomic E-state index is -0.174. The molecule has 0 saturated heterocycles. The number of benzene rings is 2. The van der Waals surface area contributed by atoms with Crippen molar-refractivity contribution in [2.24, 2.45) is 0 Å². The Hall–Kier alpha value is -3.22. The van der Waals surface area contributed by atoms with Gasteiger partial charge in [-0.25, -0.2) is 4.68 Å². The SMILES string of the molecule is O=C(Cn1cnnn1)NCc1ccccc1Oc1ccccc1. The molecule has 0 aliphatic rings. The molecule has 3 rings (SSSR count). The number of tetrazole rings is 1. The third-order valence-electron chi connectivity index (χ3n) is 3.12. The van der Waals surface area contributed by atoms with Gasteiger partial charge in [0.1, 0.15) is 24.4 Å². The summed E-state index contributed by atoms with van der Waals surface area (Å²) in [4.78, 5) is 11.9. The summed E-state index contributed by atoms with van der Waals surface area (Å²) in [6.45, 7) is 0.443. The maximum Gasteiger partial charge on any atom is 0.242 e. The van der Waals surface area contributed by atoms with E-state index in [1.807, 2.05) is 54.6 Å². The molecule has 116 valence electrons. The van der Waals surface area contributed by atoms with Crippen molar-refractivity contribution in [3.63, 3.8) is 0 Å². The summed E-state index contributed by atoms with van der Waals surface area (Å²) in [5.41, 5.74) is 0.890. The topological polar surface area (TPSA) is 81.9 Å². The molecule has 0 aliphatic heterocycles. The molecule has 0 atom stereocenters. The fourth-order valence-electron chi connectivity index (χ4n) is 2.01. The Bertz CT molecular complexity index is 759. The van der Waals surface area contributed by atoms with Crippen molar-refractivity contribution in [1.29, 1.82) is 0 Å². The van der Waals surface area contributed by atoms with E-state index < -0.39 is 0 Å². The van der Waals surface area contributed by atoms with Crippen molar-refractivity contribution in [1.82, 2.24) is 25.5 Å². The highest BCUT2D eigenvalue weighted by atomic mass is 16.5. The Labute approximate surface area is 132 Å². The van der Waals surface area contributed by atoms with Gasteiger partial charge in [0.05, 0.1) is 0 Å². The summed E-state index contributed by atoms with van der Waals surface area (Å²) in [7, 11) is 0.